The van der Waals surface area contributed by atoms with E-state index in [1.807, 2.05) is 73.7 Å². The van der Waals surface area contributed by atoms with Crippen molar-refractivity contribution in [1.29, 1.82) is 0 Å². The number of nitrogen functional groups attached to an aromatic ring is 1. The lowest BCUT2D eigenvalue weighted by molar-refractivity contribution is -0.118. The summed E-state index contributed by atoms with van der Waals surface area (Å²) in [5.74, 6) is -0.101. The van der Waals surface area contributed by atoms with Crippen molar-refractivity contribution in [3.05, 3.63) is 83.9 Å². The fourth-order valence-corrected chi connectivity index (χ4v) is 3.76. The van der Waals surface area contributed by atoms with Gasteiger partial charge in [0.1, 0.15) is 0 Å². The first kappa shape index (κ1) is 21.2. The van der Waals surface area contributed by atoms with Gasteiger partial charge < -0.3 is 21.3 Å². The monoisotopic (exact) mass is 426 g/mol. The van der Waals surface area contributed by atoms with Crippen LogP contribution in [-0.4, -0.2) is 18.9 Å². The maximum atomic E-state index is 12.9. The van der Waals surface area contributed by atoms with E-state index in [9.17, 15) is 9.59 Å². The highest BCUT2D eigenvalue weighted by molar-refractivity contribution is 6.37. The highest BCUT2D eigenvalue weighted by Crippen LogP contribution is 2.38. The standard InChI is InChI=1S/C26H26N4O2/c1-3-7-23(31)30(2)20-13-11-19(12-14-20)28-25(17-8-5-4-6-9-17)24-21-16-18(27)10-15-22(21)29-26(24)32/h4-6,8-16,28H,3,7,27H2,1-2H3,(H,29,32)/b25-24-. The van der Waals surface area contributed by atoms with Gasteiger partial charge in [-0.2, -0.15) is 0 Å². The summed E-state index contributed by atoms with van der Waals surface area (Å²) in [4.78, 5) is 26.8. The molecule has 0 fully saturated rings. The summed E-state index contributed by atoms with van der Waals surface area (Å²) in [6.07, 6.45) is 1.32. The van der Waals surface area contributed by atoms with E-state index in [1.165, 1.54) is 0 Å². The van der Waals surface area contributed by atoms with Crippen molar-refractivity contribution in [2.45, 2.75) is 19.8 Å². The Morgan fingerprint density at radius 1 is 1.03 bits per heavy atom. The zero-order chi connectivity index (χ0) is 22.7. The summed E-state index contributed by atoms with van der Waals surface area (Å²) in [6.45, 7) is 1.99. The van der Waals surface area contributed by atoms with Crippen molar-refractivity contribution in [3.63, 3.8) is 0 Å². The normalized spacial score (nSPS) is 13.9. The zero-order valence-electron chi connectivity index (χ0n) is 18.2. The summed E-state index contributed by atoms with van der Waals surface area (Å²) in [7, 11) is 1.78. The van der Waals surface area contributed by atoms with Gasteiger partial charge in [0.15, 0.2) is 0 Å². The van der Waals surface area contributed by atoms with Crippen molar-refractivity contribution in [2.75, 3.05) is 28.3 Å². The van der Waals surface area contributed by atoms with Crippen LogP contribution < -0.4 is 21.3 Å². The maximum absolute atomic E-state index is 12.9. The molecule has 0 unspecified atom stereocenters. The second-order valence-corrected chi connectivity index (χ2v) is 7.75. The van der Waals surface area contributed by atoms with Crippen LogP contribution in [0.2, 0.25) is 0 Å². The summed E-state index contributed by atoms with van der Waals surface area (Å²) in [5.41, 5.74) is 11.8. The van der Waals surface area contributed by atoms with Gasteiger partial charge in [-0.3, -0.25) is 9.59 Å². The number of fused-ring (bicyclic) bond motifs is 1. The average Bonchev–Trinajstić information content (AvgIpc) is 3.13. The van der Waals surface area contributed by atoms with E-state index in [2.05, 4.69) is 10.6 Å². The predicted octanol–water partition coefficient (Wildman–Crippen LogP) is 4.96. The van der Waals surface area contributed by atoms with Gasteiger partial charge >= 0.3 is 0 Å². The van der Waals surface area contributed by atoms with Gasteiger partial charge in [-0.05, 0) is 54.4 Å². The second-order valence-electron chi connectivity index (χ2n) is 7.75. The van der Waals surface area contributed by atoms with Gasteiger partial charge in [0.25, 0.3) is 5.91 Å². The molecule has 0 bridgehead atoms. The fraction of sp³-hybridized carbons (Fsp3) is 0.154. The molecule has 1 aliphatic heterocycles. The van der Waals surface area contributed by atoms with E-state index in [0.717, 1.165) is 34.6 Å². The van der Waals surface area contributed by atoms with Crippen LogP contribution in [-0.2, 0) is 9.59 Å². The number of rotatable bonds is 6. The Balaban J connectivity index is 1.73. The van der Waals surface area contributed by atoms with E-state index >= 15 is 0 Å². The molecule has 4 rings (SSSR count). The molecule has 6 heteroatoms. The van der Waals surface area contributed by atoms with Crippen LogP contribution in [0.5, 0.6) is 0 Å². The predicted molar refractivity (Wildman–Crippen MR) is 131 cm³/mol. The highest BCUT2D eigenvalue weighted by Gasteiger charge is 2.28. The molecule has 0 radical (unpaired) electrons. The minimum Gasteiger partial charge on any atom is -0.399 e. The quantitative estimate of drug-likeness (QED) is 0.384. The number of benzene rings is 3. The third kappa shape index (κ3) is 4.21. The first-order valence-corrected chi connectivity index (χ1v) is 10.6. The third-order valence-electron chi connectivity index (χ3n) is 5.46. The van der Waals surface area contributed by atoms with Crippen molar-refractivity contribution in [1.82, 2.24) is 0 Å². The number of nitrogens with one attached hydrogen (secondary N) is 2. The second kappa shape index (κ2) is 8.98. The molecule has 4 N–H and O–H groups in total. The van der Waals surface area contributed by atoms with Crippen LogP contribution in [0.3, 0.4) is 0 Å². The molecule has 32 heavy (non-hydrogen) atoms. The number of anilines is 4. The highest BCUT2D eigenvalue weighted by atomic mass is 16.2. The Kier molecular flexibility index (Phi) is 5.94. The zero-order valence-corrected chi connectivity index (χ0v) is 18.2. The fourth-order valence-electron chi connectivity index (χ4n) is 3.76. The van der Waals surface area contributed by atoms with E-state index < -0.39 is 0 Å². The van der Waals surface area contributed by atoms with Gasteiger partial charge in [0.05, 0.1) is 11.3 Å². The van der Waals surface area contributed by atoms with Gasteiger partial charge in [-0.1, -0.05) is 37.3 Å². The average molecular weight is 427 g/mol. The molecule has 0 aliphatic carbocycles. The largest absolute Gasteiger partial charge is 0.399 e. The number of carbonyl (C=O) groups excluding carboxylic acids is 2. The molecular weight excluding hydrogens is 400 g/mol. The number of hydrogen-bond acceptors (Lipinski definition) is 4. The van der Waals surface area contributed by atoms with Crippen molar-refractivity contribution >= 4 is 45.8 Å². The van der Waals surface area contributed by atoms with Crippen molar-refractivity contribution in [3.8, 4) is 0 Å². The van der Waals surface area contributed by atoms with E-state index in [-0.39, 0.29) is 11.8 Å². The van der Waals surface area contributed by atoms with E-state index in [4.69, 9.17) is 5.73 Å². The molecule has 3 aromatic rings. The molecule has 1 heterocycles. The molecule has 6 nitrogen and oxygen atoms in total. The molecule has 0 spiro atoms. The number of carbonyl (C=O) groups is 2. The van der Waals surface area contributed by atoms with Crippen LogP contribution in [0.25, 0.3) is 11.3 Å². The van der Waals surface area contributed by atoms with E-state index in [1.54, 1.807) is 18.0 Å². The van der Waals surface area contributed by atoms with Crippen LogP contribution in [0, 0.1) is 0 Å². The van der Waals surface area contributed by atoms with Gasteiger partial charge in [-0.25, -0.2) is 0 Å². The van der Waals surface area contributed by atoms with Crippen LogP contribution in [0.15, 0.2) is 72.8 Å². The lowest BCUT2D eigenvalue weighted by atomic mass is 9.99. The molecule has 0 atom stereocenters. The summed E-state index contributed by atoms with van der Waals surface area (Å²) in [6, 6.07) is 22.7. The Hall–Kier alpha value is -4.06. The van der Waals surface area contributed by atoms with Gasteiger partial charge in [-0.15, -0.1) is 0 Å². The molecule has 0 saturated heterocycles. The molecule has 162 valence electrons. The van der Waals surface area contributed by atoms with Crippen molar-refractivity contribution in [2.24, 2.45) is 0 Å². The molecule has 2 amide bonds. The van der Waals surface area contributed by atoms with Gasteiger partial charge in [0, 0.05) is 41.8 Å². The summed E-state index contributed by atoms with van der Waals surface area (Å²) < 4.78 is 0. The minimum atomic E-state index is -0.182. The summed E-state index contributed by atoms with van der Waals surface area (Å²) >= 11 is 0. The lowest BCUT2D eigenvalue weighted by Crippen LogP contribution is -2.25. The lowest BCUT2D eigenvalue weighted by Gasteiger charge is -2.19. The molecule has 0 saturated carbocycles. The third-order valence-corrected chi connectivity index (χ3v) is 5.46. The van der Waals surface area contributed by atoms with Crippen LogP contribution >= 0.6 is 0 Å². The topological polar surface area (TPSA) is 87.5 Å². The molecule has 0 aromatic heterocycles. The van der Waals surface area contributed by atoms with E-state index in [0.29, 0.717) is 23.4 Å². The maximum Gasteiger partial charge on any atom is 0.258 e. The Morgan fingerprint density at radius 2 is 1.75 bits per heavy atom. The molecular formula is C26H26N4O2. The smallest absolute Gasteiger partial charge is 0.258 e. The Bertz CT molecular complexity index is 1180. The minimum absolute atomic E-state index is 0.0807. The number of nitrogens with zero attached hydrogens (tertiary/aromatic N) is 1. The number of amides is 2. The Morgan fingerprint density at radius 3 is 2.44 bits per heavy atom. The number of hydrogen-bond donors (Lipinski definition) is 3. The first-order chi connectivity index (χ1) is 15.5. The van der Waals surface area contributed by atoms with Crippen LogP contribution in [0.1, 0.15) is 30.9 Å². The SMILES string of the molecule is CCCC(=O)N(C)c1ccc(N/C(=C2\C(=O)Nc3ccc(N)cc32)c2ccccc2)cc1. The molecule has 1 aliphatic rings. The first-order valence-electron chi connectivity index (χ1n) is 10.6. The Labute approximate surface area is 187 Å². The van der Waals surface area contributed by atoms with Crippen LogP contribution in [0.4, 0.5) is 22.7 Å². The van der Waals surface area contributed by atoms with Gasteiger partial charge in [0.2, 0.25) is 5.91 Å². The summed E-state index contributed by atoms with van der Waals surface area (Å²) in [5, 5.41) is 6.35. The molecule has 3 aromatic carbocycles. The van der Waals surface area contributed by atoms with Crippen molar-refractivity contribution < 1.29 is 9.59 Å². The number of nitrogens with two attached hydrogens (primary N) is 1.